The summed E-state index contributed by atoms with van der Waals surface area (Å²) in [6.07, 6.45) is 7.77. The van der Waals surface area contributed by atoms with Crippen LogP contribution in [0.5, 0.6) is 0 Å². The van der Waals surface area contributed by atoms with Gasteiger partial charge >= 0.3 is 5.97 Å². The summed E-state index contributed by atoms with van der Waals surface area (Å²) in [4.78, 5) is 35.9. The molecule has 1 aliphatic rings. The fourth-order valence-corrected chi connectivity index (χ4v) is 5.98. The maximum Gasteiger partial charge on any atom is 0.305 e. The summed E-state index contributed by atoms with van der Waals surface area (Å²) < 4.78 is 28.1. The number of carboxylic acid groups (broad SMARTS) is 1. The van der Waals surface area contributed by atoms with Gasteiger partial charge in [0.25, 0.3) is 5.91 Å². The first-order chi connectivity index (χ1) is 24.0. The lowest BCUT2D eigenvalue weighted by atomic mass is 9.90. The minimum atomic E-state index is -1.01. The monoisotopic (exact) mass is 710 g/mol. The number of rotatable bonds is 13. The third kappa shape index (κ3) is 14.9. The van der Waals surface area contributed by atoms with Crippen molar-refractivity contribution in [2.24, 2.45) is 5.92 Å². The first kappa shape index (κ1) is 44.9. The van der Waals surface area contributed by atoms with E-state index in [1.165, 1.54) is 30.8 Å². The van der Waals surface area contributed by atoms with E-state index in [-0.39, 0.29) is 18.1 Å². The zero-order valence-electron chi connectivity index (χ0n) is 32.2. The normalized spacial score (nSPS) is 14.4. The van der Waals surface area contributed by atoms with Crippen molar-refractivity contribution in [2.75, 3.05) is 39.8 Å². The van der Waals surface area contributed by atoms with Crippen LogP contribution in [0.2, 0.25) is 0 Å². The maximum absolute atomic E-state index is 14.6. The number of nitrogens with one attached hydrogen (secondary N) is 2. The Morgan fingerprint density at radius 3 is 2.14 bits per heavy atom. The molecule has 10 heteroatoms. The predicted octanol–water partition coefficient (Wildman–Crippen LogP) is 7.69. The van der Waals surface area contributed by atoms with E-state index in [1.807, 2.05) is 12.9 Å². The Balaban J connectivity index is 0.000000487. The van der Waals surface area contributed by atoms with Gasteiger partial charge in [-0.05, 0) is 126 Å². The highest BCUT2D eigenvalue weighted by Gasteiger charge is 2.21. The first-order valence-corrected chi connectivity index (χ1v) is 17.6. The summed E-state index contributed by atoms with van der Waals surface area (Å²) in [5.41, 5.74) is 5.58. The SMILES string of the molecule is C=C(/C=C\C=C(/C)N1CCCN(C(C)C)CC1)C(=O)NCCC(C)C.C=O.CN[C@@H](CC(=O)O)c1cc(-c2c(C)cc(F)cc2C)cc(C)c1F. The van der Waals surface area contributed by atoms with Gasteiger partial charge in [-0.1, -0.05) is 32.6 Å². The van der Waals surface area contributed by atoms with Crippen molar-refractivity contribution in [3.05, 3.63) is 94.2 Å². The quantitative estimate of drug-likeness (QED) is 0.145. The van der Waals surface area contributed by atoms with Crippen molar-refractivity contribution >= 4 is 18.7 Å². The molecule has 8 nitrogen and oxygen atoms in total. The van der Waals surface area contributed by atoms with E-state index < -0.39 is 17.8 Å². The number of hydrogen-bond donors (Lipinski definition) is 3. The average molecular weight is 711 g/mol. The molecule has 0 aromatic heterocycles. The molecular weight excluding hydrogens is 650 g/mol. The number of carbonyl (C=O) groups is 3. The van der Waals surface area contributed by atoms with Crippen LogP contribution in [0.25, 0.3) is 11.1 Å². The van der Waals surface area contributed by atoms with Crippen molar-refractivity contribution < 1.29 is 28.3 Å². The lowest BCUT2D eigenvalue weighted by molar-refractivity contribution is -0.137. The van der Waals surface area contributed by atoms with Crippen molar-refractivity contribution in [1.29, 1.82) is 0 Å². The zero-order chi connectivity index (χ0) is 38.8. The molecule has 2 aromatic carbocycles. The third-order valence-electron chi connectivity index (χ3n) is 8.86. The molecule has 3 rings (SSSR count). The fraction of sp³-hybridized carbons (Fsp3) is 0.488. The van der Waals surface area contributed by atoms with Gasteiger partial charge in [-0.2, -0.15) is 0 Å². The molecule has 0 bridgehead atoms. The Bertz CT molecular complexity index is 1500. The number of amides is 1. The van der Waals surface area contributed by atoms with Crippen LogP contribution in [0.15, 0.2) is 60.3 Å². The van der Waals surface area contributed by atoms with Crippen molar-refractivity contribution in [1.82, 2.24) is 20.4 Å². The van der Waals surface area contributed by atoms with Gasteiger partial charge in [0.05, 0.1) is 6.42 Å². The van der Waals surface area contributed by atoms with Gasteiger partial charge < -0.3 is 25.4 Å². The molecule has 0 radical (unpaired) electrons. The molecule has 1 heterocycles. The van der Waals surface area contributed by atoms with Crippen LogP contribution in [-0.4, -0.2) is 79.4 Å². The minimum absolute atomic E-state index is 0.0784. The number of carboxylic acids is 1. The van der Waals surface area contributed by atoms with Gasteiger partial charge in [0.1, 0.15) is 18.4 Å². The number of hydrogen-bond acceptors (Lipinski definition) is 6. The van der Waals surface area contributed by atoms with E-state index in [0.29, 0.717) is 35.2 Å². The molecule has 1 saturated heterocycles. The number of halogens is 2. The van der Waals surface area contributed by atoms with Gasteiger partial charge in [0, 0.05) is 61.6 Å². The van der Waals surface area contributed by atoms with Crippen LogP contribution in [0.3, 0.4) is 0 Å². The topological polar surface area (TPSA) is 102 Å². The largest absolute Gasteiger partial charge is 0.481 e. The van der Waals surface area contributed by atoms with Gasteiger partial charge in [-0.25, -0.2) is 8.78 Å². The second kappa shape index (κ2) is 22.6. The maximum atomic E-state index is 14.6. The molecule has 0 saturated carbocycles. The summed E-state index contributed by atoms with van der Waals surface area (Å²) in [5.74, 6) is -1.23. The Morgan fingerprint density at radius 1 is 0.961 bits per heavy atom. The summed E-state index contributed by atoms with van der Waals surface area (Å²) in [7, 11) is 1.60. The van der Waals surface area contributed by atoms with Crippen molar-refractivity contribution in [3.63, 3.8) is 0 Å². The molecule has 1 fully saturated rings. The minimum Gasteiger partial charge on any atom is -0.481 e. The second-order valence-electron chi connectivity index (χ2n) is 13.7. The molecule has 1 aliphatic heterocycles. The Hall–Kier alpha value is -4.15. The number of aryl methyl sites for hydroxylation is 3. The Labute approximate surface area is 304 Å². The summed E-state index contributed by atoms with van der Waals surface area (Å²) in [6, 6.07) is 6.21. The van der Waals surface area contributed by atoms with Gasteiger partial charge in [0.15, 0.2) is 0 Å². The molecule has 282 valence electrons. The summed E-state index contributed by atoms with van der Waals surface area (Å²) in [5, 5.41) is 14.8. The predicted molar refractivity (Wildman–Crippen MR) is 205 cm³/mol. The van der Waals surface area contributed by atoms with E-state index in [9.17, 15) is 18.4 Å². The average Bonchev–Trinajstić information content (AvgIpc) is 3.32. The molecule has 0 aliphatic carbocycles. The standard InChI is InChI=1S/C21H37N3O.C19H21F2NO2.CH2O/c1-17(2)11-12-22-21(25)19(5)9-7-10-20(6)24-14-8-13-23(15-16-24)18(3)4;1-10-6-14(20)7-11(2)18(10)13-5-12(3)19(21)15(8-13)16(22-4)9-17(23)24;1-2/h7,9-10,17-18H,5,8,11-16H2,1-4,6H3,(H,22,25);5-8,16,22H,9H2,1-4H3,(H,23,24);1H2/b9-7-,20-10+;;/t;16-;/m.0./s1. The van der Waals surface area contributed by atoms with Crippen molar-refractivity contribution in [3.8, 4) is 11.1 Å². The van der Waals surface area contributed by atoms with Crippen LogP contribution in [0.1, 0.15) is 82.2 Å². The van der Waals surface area contributed by atoms with Crippen LogP contribution < -0.4 is 10.6 Å². The first-order valence-electron chi connectivity index (χ1n) is 17.6. The zero-order valence-corrected chi connectivity index (χ0v) is 32.2. The number of aliphatic carboxylic acids is 1. The Kier molecular flexibility index (Phi) is 19.9. The fourth-order valence-electron chi connectivity index (χ4n) is 5.98. The van der Waals surface area contributed by atoms with Crippen LogP contribution in [0, 0.1) is 38.3 Å². The summed E-state index contributed by atoms with van der Waals surface area (Å²) >= 11 is 0. The summed E-state index contributed by atoms with van der Waals surface area (Å²) in [6.45, 7) is 27.2. The second-order valence-corrected chi connectivity index (χ2v) is 13.7. The molecule has 51 heavy (non-hydrogen) atoms. The highest BCUT2D eigenvalue weighted by molar-refractivity contribution is 5.95. The van der Waals surface area contributed by atoms with Crippen LogP contribution >= 0.6 is 0 Å². The molecule has 0 spiro atoms. The van der Waals surface area contributed by atoms with Crippen LogP contribution in [0.4, 0.5) is 8.78 Å². The van der Waals surface area contributed by atoms with Crippen molar-refractivity contribution in [2.45, 2.75) is 86.7 Å². The molecule has 1 amide bonds. The highest BCUT2D eigenvalue weighted by atomic mass is 19.1. The number of benzene rings is 2. The number of allylic oxidation sites excluding steroid dienone is 3. The lowest BCUT2D eigenvalue weighted by Gasteiger charge is -2.26. The van der Waals surface area contributed by atoms with Crippen LogP contribution in [-0.2, 0) is 14.4 Å². The molecule has 1 atom stereocenters. The van der Waals surface area contributed by atoms with Gasteiger partial charge in [-0.15, -0.1) is 0 Å². The van der Waals surface area contributed by atoms with E-state index in [4.69, 9.17) is 9.90 Å². The molecular formula is C41H60F2N4O4. The number of carbonyl (C=O) groups excluding carboxylic acids is 2. The molecule has 0 unspecified atom stereocenters. The lowest BCUT2D eigenvalue weighted by Crippen LogP contribution is -2.34. The highest BCUT2D eigenvalue weighted by Crippen LogP contribution is 2.33. The van der Waals surface area contributed by atoms with Gasteiger partial charge in [-0.3, -0.25) is 14.5 Å². The molecule has 2 aromatic rings. The van der Waals surface area contributed by atoms with Gasteiger partial charge in [0.2, 0.25) is 0 Å². The number of nitrogens with zero attached hydrogens (tertiary/aromatic N) is 2. The van der Waals surface area contributed by atoms with E-state index >= 15 is 0 Å². The third-order valence-corrected chi connectivity index (χ3v) is 8.86. The smallest absolute Gasteiger partial charge is 0.305 e. The Morgan fingerprint density at radius 2 is 1.59 bits per heavy atom. The van der Waals surface area contributed by atoms with E-state index in [1.54, 1.807) is 46.0 Å². The van der Waals surface area contributed by atoms with E-state index in [2.05, 4.69) is 67.7 Å². The van der Waals surface area contributed by atoms with E-state index in [0.717, 1.165) is 48.3 Å². The molecule has 3 N–H and O–H groups in total.